The number of nitrogens with one attached hydrogen (secondary N) is 1. The first-order chi connectivity index (χ1) is 8.72. The number of thiazole rings is 1. The second-order valence-electron chi connectivity index (χ2n) is 4.54. The molecule has 0 unspecified atom stereocenters. The molecule has 2 aromatic rings. The number of halogens is 1. The average molecular weight is 324 g/mol. The highest BCUT2D eigenvalue weighted by molar-refractivity contribution is 9.10. The summed E-state index contributed by atoms with van der Waals surface area (Å²) in [5.74, 6) is 0.863. The Kier molecular flexibility index (Phi) is 3.35. The Morgan fingerprint density at radius 2 is 2.17 bits per heavy atom. The minimum Gasteiger partial charge on any atom is -0.316 e. The van der Waals surface area contributed by atoms with Gasteiger partial charge in [-0.3, -0.25) is 0 Å². The molecule has 2 heterocycles. The van der Waals surface area contributed by atoms with Gasteiger partial charge in [0.2, 0.25) is 0 Å². The fourth-order valence-electron chi connectivity index (χ4n) is 2.12. The minimum atomic E-state index is 0.863. The van der Waals surface area contributed by atoms with E-state index in [2.05, 4.69) is 38.1 Å². The van der Waals surface area contributed by atoms with Crippen LogP contribution in [0.25, 0.3) is 0 Å². The number of pyridine rings is 1. The molecule has 0 amide bonds. The van der Waals surface area contributed by atoms with Gasteiger partial charge in [0.15, 0.2) is 5.13 Å². The SMILES string of the molecule is Cc1cc(Nc2nc3c(s2)CCCC3)ncc1Br. The molecule has 94 valence electrons. The summed E-state index contributed by atoms with van der Waals surface area (Å²) in [4.78, 5) is 10.4. The van der Waals surface area contributed by atoms with Gasteiger partial charge in [0.25, 0.3) is 0 Å². The van der Waals surface area contributed by atoms with Gasteiger partial charge in [-0.25, -0.2) is 9.97 Å². The molecule has 2 aromatic heterocycles. The van der Waals surface area contributed by atoms with Crippen molar-refractivity contribution < 1.29 is 0 Å². The maximum atomic E-state index is 4.65. The third-order valence-corrected chi connectivity index (χ3v) is 5.03. The molecule has 0 radical (unpaired) electrons. The van der Waals surface area contributed by atoms with E-state index in [4.69, 9.17) is 0 Å². The number of nitrogens with zero attached hydrogens (tertiary/aromatic N) is 2. The fraction of sp³-hybridized carbons (Fsp3) is 0.385. The van der Waals surface area contributed by atoms with Crippen LogP contribution in [0.5, 0.6) is 0 Å². The quantitative estimate of drug-likeness (QED) is 0.898. The van der Waals surface area contributed by atoms with Gasteiger partial charge in [-0.05, 0) is 60.2 Å². The Morgan fingerprint density at radius 1 is 1.33 bits per heavy atom. The lowest BCUT2D eigenvalue weighted by molar-refractivity contribution is 0.683. The molecule has 0 saturated carbocycles. The topological polar surface area (TPSA) is 37.8 Å². The van der Waals surface area contributed by atoms with Crippen molar-refractivity contribution in [3.63, 3.8) is 0 Å². The van der Waals surface area contributed by atoms with E-state index in [0.29, 0.717) is 0 Å². The zero-order valence-electron chi connectivity index (χ0n) is 10.2. The number of hydrogen-bond acceptors (Lipinski definition) is 4. The number of aromatic nitrogens is 2. The molecule has 0 spiro atoms. The summed E-state index contributed by atoms with van der Waals surface area (Å²) in [6, 6.07) is 2.03. The van der Waals surface area contributed by atoms with Crippen LogP contribution in [0.4, 0.5) is 10.9 Å². The van der Waals surface area contributed by atoms with Gasteiger partial charge < -0.3 is 5.32 Å². The maximum absolute atomic E-state index is 4.65. The predicted octanol–water partition coefficient (Wildman–Crippen LogP) is 4.23. The Balaban J connectivity index is 1.83. The Labute approximate surface area is 119 Å². The molecule has 0 atom stereocenters. The van der Waals surface area contributed by atoms with Crippen molar-refractivity contribution in [3.8, 4) is 0 Å². The first-order valence-corrected chi connectivity index (χ1v) is 7.71. The third kappa shape index (κ3) is 2.42. The number of anilines is 2. The largest absolute Gasteiger partial charge is 0.316 e. The summed E-state index contributed by atoms with van der Waals surface area (Å²) in [6.45, 7) is 2.06. The highest BCUT2D eigenvalue weighted by atomic mass is 79.9. The number of aryl methyl sites for hydroxylation is 3. The monoisotopic (exact) mass is 323 g/mol. The van der Waals surface area contributed by atoms with Crippen molar-refractivity contribution in [2.75, 3.05) is 5.32 Å². The van der Waals surface area contributed by atoms with Crippen LogP contribution in [0.1, 0.15) is 29.0 Å². The lowest BCUT2D eigenvalue weighted by Crippen LogP contribution is -1.99. The molecule has 0 saturated heterocycles. The van der Waals surface area contributed by atoms with Crippen LogP contribution in [0.3, 0.4) is 0 Å². The summed E-state index contributed by atoms with van der Waals surface area (Å²) in [6.07, 6.45) is 6.70. The highest BCUT2D eigenvalue weighted by Gasteiger charge is 2.15. The summed E-state index contributed by atoms with van der Waals surface area (Å²) >= 11 is 5.22. The molecule has 3 nitrogen and oxygen atoms in total. The van der Waals surface area contributed by atoms with Crippen molar-refractivity contribution in [2.45, 2.75) is 32.6 Å². The number of rotatable bonds is 2. The van der Waals surface area contributed by atoms with E-state index >= 15 is 0 Å². The van der Waals surface area contributed by atoms with Crippen molar-refractivity contribution in [1.29, 1.82) is 0 Å². The van der Waals surface area contributed by atoms with E-state index in [1.807, 2.05) is 12.3 Å². The lowest BCUT2D eigenvalue weighted by Gasteiger charge is -2.06. The highest BCUT2D eigenvalue weighted by Crippen LogP contribution is 2.31. The van der Waals surface area contributed by atoms with Crippen LogP contribution in [-0.2, 0) is 12.8 Å². The standard InChI is InChI=1S/C13H14BrN3S/c1-8-6-12(15-7-9(8)14)17-13-16-10-4-2-3-5-11(10)18-13/h6-7H,2-5H2,1H3,(H,15,16,17). The maximum Gasteiger partial charge on any atom is 0.188 e. The molecular formula is C13H14BrN3S. The van der Waals surface area contributed by atoms with Gasteiger partial charge in [0.1, 0.15) is 5.82 Å². The first kappa shape index (κ1) is 12.1. The van der Waals surface area contributed by atoms with Gasteiger partial charge in [-0.15, -0.1) is 11.3 Å². The molecule has 1 aliphatic rings. The van der Waals surface area contributed by atoms with E-state index in [1.54, 1.807) is 11.3 Å². The van der Waals surface area contributed by atoms with Gasteiger partial charge >= 0.3 is 0 Å². The van der Waals surface area contributed by atoms with Crippen LogP contribution in [-0.4, -0.2) is 9.97 Å². The Hall–Kier alpha value is -0.940. The predicted molar refractivity (Wildman–Crippen MR) is 78.7 cm³/mol. The second kappa shape index (κ2) is 4.97. The molecule has 1 N–H and O–H groups in total. The summed E-state index contributed by atoms with van der Waals surface area (Å²) < 4.78 is 1.03. The van der Waals surface area contributed by atoms with Crippen LogP contribution in [0.15, 0.2) is 16.7 Å². The molecule has 0 fully saturated rings. The number of hydrogen-bond donors (Lipinski definition) is 1. The first-order valence-electron chi connectivity index (χ1n) is 6.10. The van der Waals surface area contributed by atoms with E-state index in [9.17, 15) is 0 Å². The van der Waals surface area contributed by atoms with Crippen LogP contribution >= 0.6 is 27.3 Å². The van der Waals surface area contributed by atoms with Crippen molar-refractivity contribution in [3.05, 3.63) is 32.9 Å². The van der Waals surface area contributed by atoms with E-state index in [0.717, 1.165) is 21.8 Å². The number of fused-ring (bicyclic) bond motifs is 1. The zero-order valence-corrected chi connectivity index (χ0v) is 12.6. The Bertz CT molecular complexity index is 556. The van der Waals surface area contributed by atoms with Gasteiger partial charge in [0, 0.05) is 15.5 Å². The summed E-state index contributed by atoms with van der Waals surface area (Å²) in [5.41, 5.74) is 2.46. The van der Waals surface area contributed by atoms with Crippen LogP contribution in [0.2, 0.25) is 0 Å². The molecule has 1 aliphatic carbocycles. The molecule has 3 rings (SSSR count). The molecule has 5 heteroatoms. The van der Waals surface area contributed by atoms with Gasteiger partial charge in [0.05, 0.1) is 5.69 Å². The minimum absolute atomic E-state index is 0.863. The van der Waals surface area contributed by atoms with E-state index < -0.39 is 0 Å². The molecule has 0 aromatic carbocycles. The van der Waals surface area contributed by atoms with Crippen molar-refractivity contribution in [1.82, 2.24) is 9.97 Å². The second-order valence-corrected chi connectivity index (χ2v) is 6.48. The average Bonchev–Trinajstić information content (AvgIpc) is 2.76. The summed E-state index contributed by atoms with van der Waals surface area (Å²) in [5, 5.41) is 4.27. The van der Waals surface area contributed by atoms with E-state index in [1.165, 1.54) is 35.4 Å². The van der Waals surface area contributed by atoms with E-state index in [-0.39, 0.29) is 0 Å². The third-order valence-electron chi connectivity index (χ3n) is 3.13. The van der Waals surface area contributed by atoms with Gasteiger partial charge in [-0.1, -0.05) is 0 Å². The molecule has 0 aliphatic heterocycles. The van der Waals surface area contributed by atoms with Crippen molar-refractivity contribution >= 4 is 38.2 Å². The fourth-order valence-corrected chi connectivity index (χ4v) is 3.40. The van der Waals surface area contributed by atoms with Crippen LogP contribution < -0.4 is 5.32 Å². The lowest BCUT2D eigenvalue weighted by atomic mass is 10.0. The van der Waals surface area contributed by atoms with Crippen molar-refractivity contribution in [2.24, 2.45) is 0 Å². The molecular weight excluding hydrogens is 310 g/mol. The zero-order chi connectivity index (χ0) is 12.5. The van der Waals surface area contributed by atoms with Crippen LogP contribution in [0, 0.1) is 6.92 Å². The van der Waals surface area contributed by atoms with Gasteiger partial charge in [-0.2, -0.15) is 0 Å². The smallest absolute Gasteiger partial charge is 0.188 e. The normalized spacial score (nSPS) is 14.3. The molecule has 0 bridgehead atoms. The molecule has 18 heavy (non-hydrogen) atoms. The summed E-state index contributed by atoms with van der Waals surface area (Å²) in [7, 11) is 0. The Morgan fingerprint density at radius 3 is 2.94 bits per heavy atom.